The van der Waals surface area contributed by atoms with Crippen LogP contribution in [0.3, 0.4) is 0 Å². The van der Waals surface area contributed by atoms with Crippen LogP contribution >= 0.6 is 0 Å². The molecule has 3 heterocycles. The Morgan fingerprint density at radius 3 is 2.63 bits per heavy atom. The zero-order valence-electron chi connectivity index (χ0n) is 17.6. The van der Waals surface area contributed by atoms with Crippen LogP contribution in [0.25, 0.3) is 0 Å². The van der Waals surface area contributed by atoms with Crippen molar-refractivity contribution in [2.24, 2.45) is 0 Å². The van der Waals surface area contributed by atoms with Gasteiger partial charge in [-0.2, -0.15) is 0 Å². The Morgan fingerprint density at radius 1 is 1.13 bits per heavy atom. The van der Waals surface area contributed by atoms with Gasteiger partial charge in [-0.15, -0.1) is 0 Å². The summed E-state index contributed by atoms with van der Waals surface area (Å²) < 4.78 is 39.6. The number of sulfonamides is 1. The van der Waals surface area contributed by atoms with Crippen LogP contribution < -0.4 is 4.90 Å². The van der Waals surface area contributed by atoms with Gasteiger partial charge in [-0.25, -0.2) is 27.1 Å². The van der Waals surface area contributed by atoms with E-state index in [0.717, 1.165) is 55.1 Å². The summed E-state index contributed by atoms with van der Waals surface area (Å²) in [6.45, 7) is 6.30. The molecule has 1 saturated heterocycles. The highest BCUT2D eigenvalue weighted by Gasteiger charge is 2.31. The summed E-state index contributed by atoms with van der Waals surface area (Å²) in [5.41, 5.74) is 3.19. The molecule has 0 bridgehead atoms. The quantitative estimate of drug-likeness (QED) is 0.724. The van der Waals surface area contributed by atoms with Gasteiger partial charge >= 0.3 is 0 Å². The predicted octanol–water partition coefficient (Wildman–Crippen LogP) is 3.41. The van der Waals surface area contributed by atoms with Crippen LogP contribution in [-0.2, 0) is 23.0 Å². The molecule has 8 heteroatoms. The summed E-state index contributed by atoms with van der Waals surface area (Å²) in [6, 6.07) is 6.60. The Bertz CT molecular complexity index is 1010. The molecule has 0 unspecified atom stereocenters. The minimum Gasteiger partial charge on any atom is -0.352 e. The number of aromatic nitrogens is 2. The van der Waals surface area contributed by atoms with Gasteiger partial charge in [0, 0.05) is 43.4 Å². The van der Waals surface area contributed by atoms with Gasteiger partial charge in [0.05, 0.1) is 5.75 Å². The topological polar surface area (TPSA) is 66.4 Å². The van der Waals surface area contributed by atoms with Gasteiger partial charge in [0.25, 0.3) is 0 Å². The molecular formula is C22H29FN4O2S. The predicted molar refractivity (Wildman–Crippen MR) is 116 cm³/mol. The molecule has 0 saturated carbocycles. The van der Waals surface area contributed by atoms with E-state index in [-0.39, 0.29) is 17.5 Å². The van der Waals surface area contributed by atoms with Crippen molar-refractivity contribution in [1.29, 1.82) is 0 Å². The van der Waals surface area contributed by atoms with E-state index >= 15 is 0 Å². The highest BCUT2D eigenvalue weighted by Crippen LogP contribution is 2.33. The number of fused-ring (bicyclic) bond motifs is 1. The minimum atomic E-state index is -3.21. The number of nitrogens with zero attached hydrogens (tertiary/aromatic N) is 4. The van der Waals surface area contributed by atoms with Crippen LogP contribution in [0.1, 0.15) is 54.7 Å². The molecule has 1 fully saturated rings. The standard InChI is InChI=1S/C22H29FN4O2S/c1-3-30(28,29)27-13-4-6-18(15-27)21-24-16(2)20-7-5-12-26(22(20)25-21)14-17-8-10-19(23)11-9-17/h8-11,18H,3-7,12-15H2,1-2H3/t18-/m0/s1. The van der Waals surface area contributed by atoms with Crippen molar-refractivity contribution in [3.05, 3.63) is 52.7 Å². The average Bonchev–Trinajstić information content (AvgIpc) is 2.76. The fourth-order valence-electron chi connectivity index (χ4n) is 4.44. The first-order chi connectivity index (χ1) is 14.4. The SMILES string of the molecule is CCS(=O)(=O)N1CCC[C@H](c2nc(C)c3c(n2)N(Cc2ccc(F)cc2)CCC3)C1. The fourth-order valence-corrected chi connectivity index (χ4v) is 5.62. The summed E-state index contributed by atoms with van der Waals surface area (Å²) >= 11 is 0. The first-order valence-corrected chi connectivity index (χ1v) is 12.3. The largest absolute Gasteiger partial charge is 0.352 e. The van der Waals surface area contributed by atoms with Crippen LogP contribution in [0.5, 0.6) is 0 Å². The zero-order chi connectivity index (χ0) is 21.3. The number of hydrogen-bond donors (Lipinski definition) is 0. The number of benzene rings is 1. The number of rotatable bonds is 5. The van der Waals surface area contributed by atoms with Crippen molar-refractivity contribution < 1.29 is 12.8 Å². The molecule has 0 spiro atoms. The molecule has 1 atom stereocenters. The minimum absolute atomic E-state index is 0.0127. The Kier molecular flexibility index (Phi) is 6.06. The third-order valence-electron chi connectivity index (χ3n) is 6.16. The smallest absolute Gasteiger partial charge is 0.213 e. The molecule has 0 radical (unpaired) electrons. The van der Waals surface area contributed by atoms with Crippen molar-refractivity contribution >= 4 is 15.8 Å². The second-order valence-corrected chi connectivity index (χ2v) is 10.5. The van der Waals surface area contributed by atoms with E-state index in [0.29, 0.717) is 19.6 Å². The second kappa shape index (κ2) is 8.59. The van der Waals surface area contributed by atoms with Crippen molar-refractivity contribution in [1.82, 2.24) is 14.3 Å². The number of piperidine rings is 1. The highest BCUT2D eigenvalue weighted by molar-refractivity contribution is 7.89. The molecular weight excluding hydrogens is 403 g/mol. The second-order valence-electron chi connectivity index (χ2n) is 8.22. The molecule has 2 aromatic rings. The Morgan fingerprint density at radius 2 is 1.90 bits per heavy atom. The average molecular weight is 433 g/mol. The van der Waals surface area contributed by atoms with E-state index in [4.69, 9.17) is 9.97 Å². The summed E-state index contributed by atoms with van der Waals surface area (Å²) in [5.74, 6) is 1.59. The highest BCUT2D eigenvalue weighted by atomic mass is 32.2. The van der Waals surface area contributed by atoms with Crippen molar-refractivity contribution in [2.75, 3.05) is 30.3 Å². The maximum absolute atomic E-state index is 13.3. The van der Waals surface area contributed by atoms with E-state index in [1.165, 1.54) is 17.7 Å². The molecule has 162 valence electrons. The molecule has 4 rings (SSSR count). The van der Waals surface area contributed by atoms with E-state index in [1.54, 1.807) is 11.2 Å². The van der Waals surface area contributed by atoms with Crippen molar-refractivity contribution in [2.45, 2.75) is 52.0 Å². The van der Waals surface area contributed by atoms with E-state index in [2.05, 4.69) is 4.90 Å². The molecule has 30 heavy (non-hydrogen) atoms. The monoisotopic (exact) mass is 432 g/mol. The van der Waals surface area contributed by atoms with Gasteiger partial charge in [0.2, 0.25) is 10.0 Å². The molecule has 0 N–H and O–H groups in total. The lowest BCUT2D eigenvalue weighted by atomic mass is 9.97. The number of anilines is 1. The normalized spacial score (nSPS) is 20.2. The van der Waals surface area contributed by atoms with Gasteiger partial charge in [-0.05, 0) is 57.2 Å². The zero-order valence-corrected chi connectivity index (χ0v) is 18.5. The molecule has 6 nitrogen and oxygen atoms in total. The number of aryl methyl sites for hydroxylation is 1. The van der Waals surface area contributed by atoms with Gasteiger partial charge in [0.15, 0.2) is 0 Å². The maximum atomic E-state index is 13.3. The summed E-state index contributed by atoms with van der Waals surface area (Å²) in [5, 5.41) is 0. The van der Waals surface area contributed by atoms with Crippen LogP contribution in [-0.4, -0.2) is 48.1 Å². The van der Waals surface area contributed by atoms with Gasteiger partial charge in [-0.1, -0.05) is 12.1 Å². The first kappa shape index (κ1) is 21.2. The van der Waals surface area contributed by atoms with Crippen LogP contribution in [0.15, 0.2) is 24.3 Å². The van der Waals surface area contributed by atoms with Gasteiger partial charge in [0.1, 0.15) is 17.5 Å². The molecule has 2 aliphatic rings. The summed E-state index contributed by atoms with van der Waals surface area (Å²) in [4.78, 5) is 12.0. The third kappa shape index (κ3) is 4.34. The molecule has 0 aliphatic carbocycles. The molecule has 0 amide bonds. The van der Waals surface area contributed by atoms with Crippen molar-refractivity contribution in [3.8, 4) is 0 Å². The lowest BCUT2D eigenvalue weighted by Crippen LogP contribution is -2.40. The number of hydrogen-bond acceptors (Lipinski definition) is 5. The molecule has 2 aliphatic heterocycles. The lowest BCUT2D eigenvalue weighted by Gasteiger charge is -2.34. The van der Waals surface area contributed by atoms with Crippen molar-refractivity contribution in [3.63, 3.8) is 0 Å². The lowest BCUT2D eigenvalue weighted by molar-refractivity contribution is 0.309. The van der Waals surface area contributed by atoms with E-state index in [9.17, 15) is 12.8 Å². The van der Waals surface area contributed by atoms with Crippen LogP contribution in [0.2, 0.25) is 0 Å². The number of halogens is 1. The van der Waals surface area contributed by atoms with Crippen LogP contribution in [0, 0.1) is 12.7 Å². The third-order valence-corrected chi connectivity index (χ3v) is 8.01. The summed E-state index contributed by atoms with van der Waals surface area (Å²) in [7, 11) is -3.21. The van der Waals surface area contributed by atoms with Gasteiger partial charge in [-0.3, -0.25) is 0 Å². The summed E-state index contributed by atoms with van der Waals surface area (Å²) in [6.07, 6.45) is 3.70. The van der Waals surface area contributed by atoms with E-state index < -0.39 is 10.0 Å². The van der Waals surface area contributed by atoms with Gasteiger partial charge < -0.3 is 4.90 Å². The maximum Gasteiger partial charge on any atom is 0.213 e. The first-order valence-electron chi connectivity index (χ1n) is 10.7. The Labute approximate surface area is 178 Å². The molecule has 1 aromatic heterocycles. The Balaban J connectivity index is 1.62. The van der Waals surface area contributed by atoms with E-state index in [1.807, 2.05) is 19.1 Å². The molecule has 1 aromatic carbocycles. The van der Waals surface area contributed by atoms with Crippen LogP contribution in [0.4, 0.5) is 10.2 Å². The fraction of sp³-hybridized carbons (Fsp3) is 0.545. The Hall–Kier alpha value is -2.06.